The highest BCUT2D eigenvalue weighted by molar-refractivity contribution is 5.91. The number of urea groups is 1. The van der Waals surface area contributed by atoms with E-state index >= 15 is 0 Å². The lowest BCUT2D eigenvalue weighted by molar-refractivity contribution is -0.130. The van der Waals surface area contributed by atoms with Crippen LogP contribution in [0.3, 0.4) is 0 Å². The quantitative estimate of drug-likeness (QED) is 0.700. The number of nitrogens with zero attached hydrogens (tertiary/aromatic N) is 1. The third-order valence-electron chi connectivity index (χ3n) is 6.91. The summed E-state index contributed by atoms with van der Waals surface area (Å²) < 4.78 is 10.9. The highest BCUT2D eigenvalue weighted by Gasteiger charge is 2.41. The summed E-state index contributed by atoms with van der Waals surface area (Å²) >= 11 is 0. The second kappa shape index (κ2) is 10.7. The van der Waals surface area contributed by atoms with Gasteiger partial charge < -0.3 is 25.0 Å². The largest absolute Gasteiger partial charge is 0.495 e. The Kier molecular flexibility index (Phi) is 7.50. The van der Waals surface area contributed by atoms with Crippen LogP contribution in [0.25, 0.3) is 0 Å². The second-order valence-corrected chi connectivity index (χ2v) is 8.83. The van der Waals surface area contributed by atoms with Crippen LogP contribution in [0.5, 0.6) is 5.75 Å². The fourth-order valence-electron chi connectivity index (χ4n) is 4.81. The number of para-hydroxylation sites is 2. The molecule has 7 heteroatoms. The van der Waals surface area contributed by atoms with Crippen molar-refractivity contribution in [3.05, 3.63) is 60.2 Å². The number of carbonyl (C=O) groups is 2. The fourth-order valence-corrected chi connectivity index (χ4v) is 4.81. The zero-order valence-electron chi connectivity index (χ0n) is 19.2. The van der Waals surface area contributed by atoms with E-state index in [0.717, 1.165) is 18.4 Å². The van der Waals surface area contributed by atoms with Gasteiger partial charge in [-0.3, -0.25) is 4.79 Å². The predicted octanol–water partition coefficient (Wildman–Crippen LogP) is 3.80. The minimum Gasteiger partial charge on any atom is -0.495 e. The summed E-state index contributed by atoms with van der Waals surface area (Å²) in [7, 11) is 1.59. The van der Waals surface area contributed by atoms with E-state index in [0.29, 0.717) is 63.0 Å². The average Bonchev–Trinajstić information content (AvgIpc) is 2.88. The van der Waals surface area contributed by atoms with Crippen LogP contribution in [-0.2, 0) is 14.9 Å². The molecule has 3 amide bonds. The third kappa shape index (κ3) is 5.30. The lowest BCUT2D eigenvalue weighted by atomic mass is 9.73. The number of methoxy groups -OCH3 is 1. The molecule has 0 radical (unpaired) electrons. The molecular formula is C26H33N3O4. The average molecular weight is 452 g/mol. The van der Waals surface area contributed by atoms with Gasteiger partial charge in [-0.2, -0.15) is 0 Å². The number of amides is 3. The number of likely N-dealkylation sites (tertiary alicyclic amines) is 1. The van der Waals surface area contributed by atoms with Gasteiger partial charge in [0.05, 0.1) is 18.2 Å². The summed E-state index contributed by atoms with van der Waals surface area (Å²) in [5, 5.41) is 6.17. The summed E-state index contributed by atoms with van der Waals surface area (Å²) in [6, 6.07) is 17.3. The van der Waals surface area contributed by atoms with Gasteiger partial charge in [-0.1, -0.05) is 42.5 Å². The van der Waals surface area contributed by atoms with E-state index in [9.17, 15) is 9.59 Å². The van der Waals surface area contributed by atoms with Gasteiger partial charge >= 0.3 is 6.03 Å². The second-order valence-electron chi connectivity index (χ2n) is 8.83. The SMILES string of the molecule is COc1ccccc1NC(=O)N1CCC(CNC(=O)C2(c3ccccc3)CCOCC2)CC1. The smallest absolute Gasteiger partial charge is 0.321 e. The molecule has 0 unspecified atom stereocenters. The van der Waals surface area contributed by atoms with Crippen LogP contribution in [-0.4, -0.2) is 56.8 Å². The molecule has 2 aliphatic rings. The normalized spacial score (nSPS) is 18.4. The van der Waals surface area contributed by atoms with Gasteiger partial charge in [-0.25, -0.2) is 4.79 Å². The Morgan fingerprint density at radius 2 is 1.70 bits per heavy atom. The maximum Gasteiger partial charge on any atom is 0.321 e. The molecule has 2 aromatic rings. The lowest BCUT2D eigenvalue weighted by Gasteiger charge is -2.37. The van der Waals surface area contributed by atoms with E-state index in [-0.39, 0.29) is 11.9 Å². The van der Waals surface area contributed by atoms with Gasteiger partial charge in [-0.05, 0) is 49.3 Å². The molecule has 0 saturated carbocycles. The summed E-state index contributed by atoms with van der Waals surface area (Å²) in [6.07, 6.45) is 3.12. The van der Waals surface area contributed by atoms with Crippen LogP contribution in [0.2, 0.25) is 0 Å². The molecule has 0 atom stereocenters. The van der Waals surface area contributed by atoms with E-state index in [1.54, 1.807) is 7.11 Å². The van der Waals surface area contributed by atoms with Crippen molar-refractivity contribution in [1.29, 1.82) is 0 Å². The molecule has 7 nitrogen and oxygen atoms in total. The van der Waals surface area contributed by atoms with Crippen molar-refractivity contribution in [1.82, 2.24) is 10.2 Å². The minimum atomic E-state index is -0.519. The summed E-state index contributed by atoms with van der Waals surface area (Å²) in [6.45, 7) is 3.17. The van der Waals surface area contributed by atoms with Gasteiger partial charge in [-0.15, -0.1) is 0 Å². The molecule has 2 saturated heterocycles. The molecule has 4 rings (SSSR count). The Labute approximate surface area is 195 Å². The molecular weight excluding hydrogens is 418 g/mol. The molecule has 2 fully saturated rings. The third-order valence-corrected chi connectivity index (χ3v) is 6.91. The van der Waals surface area contributed by atoms with Gasteiger partial charge in [0.1, 0.15) is 5.75 Å². The highest BCUT2D eigenvalue weighted by atomic mass is 16.5. The van der Waals surface area contributed by atoms with Crippen LogP contribution < -0.4 is 15.4 Å². The Morgan fingerprint density at radius 1 is 1.03 bits per heavy atom. The standard InChI is InChI=1S/C26H33N3O4/c1-32-23-10-6-5-9-22(23)28-25(31)29-15-11-20(12-16-29)19-27-24(30)26(13-17-33-18-14-26)21-7-3-2-4-8-21/h2-10,20H,11-19H2,1H3,(H,27,30)(H,28,31). The van der Waals surface area contributed by atoms with E-state index in [1.165, 1.54) is 0 Å². The zero-order chi connectivity index (χ0) is 23.1. The topological polar surface area (TPSA) is 79.9 Å². The number of piperidine rings is 1. The minimum absolute atomic E-state index is 0.0911. The first-order valence-electron chi connectivity index (χ1n) is 11.7. The Balaban J connectivity index is 1.29. The first kappa shape index (κ1) is 23.1. The Morgan fingerprint density at radius 3 is 2.39 bits per heavy atom. The van der Waals surface area contributed by atoms with Crippen molar-refractivity contribution in [2.24, 2.45) is 5.92 Å². The number of benzene rings is 2. The number of hydrogen-bond donors (Lipinski definition) is 2. The first-order chi connectivity index (χ1) is 16.1. The molecule has 2 aliphatic heterocycles. The fraction of sp³-hybridized carbons (Fsp3) is 0.462. The molecule has 0 spiro atoms. The molecule has 2 N–H and O–H groups in total. The molecule has 33 heavy (non-hydrogen) atoms. The Hall–Kier alpha value is -3.06. The zero-order valence-corrected chi connectivity index (χ0v) is 19.2. The maximum atomic E-state index is 13.3. The molecule has 0 aromatic heterocycles. The molecule has 2 heterocycles. The van der Waals surface area contributed by atoms with Crippen molar-refractivity contribution in [2.75, 3.05) is 45.3 Å². The monoisotopic (exact) mass is 451 g/mol. The number of rotatable bonds is 6. The highest BCUT2D eigenvalue weighted by Crippen LogP contribution is 2.35. The van der Waals surface area contributed by atoms with Crippen LogP contribution in [0.4, 0.5) is 10.5 Å². The molecule has 0 aliphatic carbocycles. The van der Waals surface area contributed by atoms with Crippen molar-refractivity contribution in [3.8, 4) is 5.75 Å². The number of ether oxygens (including phenoxy) is 2. The predicted molar refractivity (Wildman–Crippen MR) is 127 cm³/mol. The number of nitrogens with one attached hydrogen (secondary N) is 2. The van der Waals surface area contributed by atoms with Crippen molar-refractivity contribution >= 4 is 17.6 Å². The number of carbonyl (C=O) groups excluding carboxylic acids is 2. The van der Waals surface area contributed by atoms with Crippen molar-refractivity contribution in [3.63, 3.8) is 0 Å². The molecule has 0 bridgehead atoms. The van der Waals surface area contributed by atoms with E-state index in [2.05, 4.69) is 10.6 Å². The van der Waals surface area contributed by atoms with Gasteiger partial charge in [0.2, 0.25) is 5.91 Å². The number of hydrogen-bond acceptors (Lipinski definition) is 4. The van der Waals surface area contributed by atoms with Crippen LogP contribution in [0.1, 0.15) is 31.2 Å². The summed E-state index contributed by atoms with van der Waals surface area (Å²) in [4.78, 5) is 27.9. The first-order valence-corrected chi connectivity index (χ1v) is 11.7. The van der Waals surface area contributed by atoms with Gasteiger partial charge in [0.25, 0.3) is 0 Å². The molecule has 2 aromatic carbocycles. The van der Waals surface area contributed by atoms with Crippen LogP contribution in [0.15, 0.2) is 54.6 Å². The summed E-state index contributed by atoms with van der Waals surface area (Å²) in [5.74, 6) is 1.09. The number of anilines is 1. The van der Waals surface area contributed by atoms with Crippen molar-refractivity contribution < 1.29 is 19.1 Å². The van der Waals surface area contributed by atoms with E-state index in [1.807, 2.05) is 59.5 Å². The van der Waals surface area contributed by atoms with E-state index in [4.69, 9.17) is 9.47 Å². The van der Waals surface area contributed by atoms with Crippen molar-refractivity contribution in [2.45, 2.75) is 31.1 Å². The lowest BCUT2D eigenvalue weighted by Crippen LogP contribution is -2.50. The van der Waals surface area contributed by atoms with E-state index < -0.39 is 5.41 Å². The Bertz CT molecular complexity index is 936. The van der Waals surface area contributed by atoms with Gasteiger partial charge in [0.15, 0.2) is 0 Å². The van der Waals surface area contributed by atoms with Gasteiger partial charge in [0, 0.05) is 32.8 Å². The van der Waals surface area contributed by atoms with Crippen LogP contribution >= 0.6 is 0 Å². The molecule has 176 valence electrons. The summed E-state index contributed by atoms with van der Waals surface area (Å²) in [5.41, 5.74) is 1.21. The maximum absolute atomic E-state index is 13.3. The van der Waals surface area contributed by atoms with Crippen LogP contribution in [0, 0.1) is 5.92 Å².